The molecule has 74 valence electrons. The molecule has 0 aliphatic carbocycles. The molecule has 1 aromatic rings. The number of hydrogen-bond donors (Lipinski definition) is 2. The van der Waals surface area contributed by atoms with Gasteiger partial charge in [0.25, 0.3) is 0 Å². The van der Waals surface area contributed by atoms with Crippen LogP contribution < -0.4 is 15.8 Å². The summed E-state index contributed by atoms with van der Waals surface area (Å²) in [6, 6.07) is 3.08. The Kier molecular flexibility index (Phi) is 2.32. The summed E-state index contributed by atoms with van der Waals surface area (Å²) in [5.41, 5.74) is 0.590. The smallest absolute Gasteiger partial charge is 0.248 e. The minimum Gasteiger partial charge on any atom is -0.327 e. The molecule has 1 amide bonds. The van der Waals surface area contributed by atoms with Gasteiger partial charge in [0, 0.05) is 25.4 Å². The van der Waals surface area contributed by atoms with Crippen molar-refractivity contribution in [1.82, 2.24) is 10.3 Å². The Labute approximate surface area is 80.7 Å². The molecular formula is C9H11N3O2. The normalized spacial score (nSPS) is 17.1. The number of piperazine rings is 1. The van der Waals surface area contributed by atoms with Gasteiger partial charge in [-0.3, -0.25) is 9.59 Å². The highest BCUT2D eigenvalue weighted by atomic mass is 16.2. The van der Waals surface area contributed by atoms with Crippen LogP contribution in [0.1, 0.15) is 0 Å². The van der Waals surface area contributed by atoms with Crippen LogP contribution in [0.25, 0.3) is 0 Å². The molecule has 0 atom stereocenters. The summed E-state index contributed by atoms with van der Waals surface area (Å²) in [5.74, 6) is 0.0308. The summed E-state index contributed by atoms with van der Waals surface area (Å²) >= 11 is 0. The van der Waals surface area contributed by atoms with Crippen molar-refractivity contribution in [1.29, 1.82) is 0 Å². The van der Waals surface area contributed by atoms with E-state index in [-0.39, 0.29) is 11.5 Å². The summed E-state index contributed by atoms with van der Waals surface area (Å²) in [7, 11) is 0. The second kappa shape index (κ2) is 3.63. The summed E-state index contributed by atoms with van der Waals surface area (Å²) in [6.45, 7) is 1.79. The summed E-state index contributed by atoms with van der Waals surface area (Å²) in [6.07, 6.45) is 1.56. The van der Waals surface area contributed by atoms with E-state index in [1.807, 2.05) is 0 Å². The predicted molar refractivity (Wildman–Crippen MR) is 52.3 cm³/mol. The second-order valence-electron chi connectivity index (χ2n) is 3.13. The fraction of sp³-hybridized carbons (Fsp3) is 0.333. The number of aromatic amines is 1. The molecule has 0 bridgehead atoms. The molecular weight excluding hydrogens is 182 g/mol. The summed E-state index contributed by atoms with van der Waals surface area (Å²) in [4.78, 5) is 26.5. The maximum atomic E-state index is 11.5. The van der Waals surface area contributed by atoms with Gasteiger partial charge in [-0.2, -0.15) is 0 Å². The number of nitrogens with one attached hydrogen (secondary N) is 2. The molecule has 1 aliphatic heterocycles. The van der Waals surface area contributed by atoms with E-state index in [0.29, 0.717) is 13.1 Å². The van der Waals surface area contributed by atoms with Crippen molar-refractivity contribution in [2.45, 2.75) is 0 Å². The topological polar surface area (TPSA) is 65.2 Å². The van der Waals surface area contributed by atoms with Crippen molar-refractivity contribution in [2.24, 2.45) is 0 Å². The van der Waals surface area contributed by atoms with Crippen molar-refractivity contribution in [2.75, 3.05) is 24.5 Å². The van der Waals surface area contributed by atoms with Gasteiger partial charge in [-0.25, -0.2) is 0 Å². The Morgan fingerprint density at radius 2 is 2.14 bits per heavy atom. The van der Waals surface area contributed by atoms with Crippen LogP contribution in [0.15, 0.2) is 23.1 Å². The minimum absolute atomic E-state index is 0.0308. The summed E-state index contributed by atoms with van der Waals surface area (Å²) in [5, 5.41) is 2.98. The standard InChI is InChI=1S/C9H11N3O2/c13-8-2-1-7(5-11-8)12-4-3-10-6-9(12)14/h1-2,5,10H,3-4,6H2,(H,11,13). The van der Waals surface area contributed by atoms with Crippen molar-refractivity contribution in [3.8, 4) is 0 Å². The third-order valence-electron chi connectivity index (χ3n) is 2.17. The largest absolute Gasteiger partial charge is 0.327 e. The number of pyridine rings is 1. The van der Waals surface area contributed by atoms with Crippen LogP contribution in [0.5, 0.6) is 0 Å². The first kappa shape index (κ1) is 8.96. The summed E-state index contributed by atoms with van der Waals surface area (Å²) < 4.78 is 0. The highest BCUT2D eigenvalue weighted by Gasteiger charge is 2.18. The number of H-pyrrole nitrogens is 1. The molecule has 0 unspecified atom stereocenters. The van der Waals surface area contributed by atoms with Gasteiger partial charge in [-0.1, -0.05) is 0 Å². The maximum Gasteiger partial charge on any atom is 0.248 e. The lowest BCUT2D eigenvalue weighted by Crippen LogP contribution is -2.48. The van der Waals surface area contributed by atoms with Gasteiger partial charge in [0.15, 0.2) is 0 Å². The number of carbonyl (C=O) groups excluding carboxylic acids is 1. The van der Waals surface area contributed by atoms with Crippen molar-refractivity contribution >= 4 is 11.6 Å². The number of rotatable bonds is 1. The molecule has 5 nitrogen and oxygen atoms in total. The molecule has 14 heavy (non-hydrogen) atoms. The first-order valence-corrected chi connectivity index (χ1v) is 4.47. The van der Waals surface area contributed by atoms with Crippen LogP contribution in [0, 0.1) is 0 Å². The SMILES string of the molecule is O=C1CNCCN1c1ccc(=O)[nH]c1. The Bertz CT molecular complexity index is 379. The van der Waals surface area contributed by atoms with E-state index in [0.717, 1.165) is 12.2 Å². The van der Waals surface area contributed by atoms with Crippen molar-refractivity contribution in [3.63, 3.8) is 0 Å². The van der Waals surface area contributed by atoms with E-state index in [1.54, 1.807) is 17.2 Å². The first-order chi connectivity index (χ1) is 6.77. The number of anilines is 1. The van der Waals surface area contributed by atoms with Crippen LogP contribution in [0.3, 0.4) is 0 Å². The zero-order valence-corrected chi connectivity index (χ0v) is 7.62. The molecule has 2 N–H and O–H groups in total. The van der Waals surface area contributed by atoms with Crippen LogP contribution in [-0.2, 0) is 4.79 Å². The lowest BCUT2D eigenvalue weighted by atomic mass is 10.3. The zero-order chi connectivity index (χ0) is 9.97. The number of amides is 1. The number of nitrogens with zero attached hydrogens (tertiary/aromatic N) is 1. The Morgan fingerprint density at radius 1 is 1.29 bits per heavy atom. The fourth-order valence-electron chi connectivity index (χ4n) is 1.45. The minimum atomic E-state index is -0.156. The van der Waals surface area contributed by atoms with Gasteiger partial charge in [-0.05, 0) is 6.07 Å². The van der Waals surface area contributed by atoms with E-state index in [1.165, 1.54) is 6.07 Å². The molecule has 0 radical (unpaired) electrons. The molecule has 5 heteroatoms. The van der Waals surface area contributed by atoms with Gasteiger partial charge in [-0.15, -0.1) is 0 Å². The third-order valence-corrected chi connectivity index (χ3v) is 2.17. The number of carbonyl (C=O) groups is 1. The molecule has 0 spiro atoms. The maximum absolute atomic E-state index is 11.5. The van der Waals surface area contributed by atoms with Crippen molar-refractivity contribution in [3.05, 3.63) is 28.7 Å². The van der Waals surface area contributed by atoms with Gasteiger partial charge in [0.1, 0.15) is 0 Å². The van der Waals surface area contributed by atoms with Gasteiger partial charge in [0.05, 0.1) is 12.2 Å². The van der Waals surface area contributed by atoms with E-state index in [2.05, 4.69) is 10.3 Å². The first-order valence-electron chi connectivity index (χ1n) is 4.47. The predicted octanol–water partition coefficient (Wildman–Crippen LogP) is -0.689. The zero-order valence-electron chi connectivity index (χ0n) is 7.62. The van der Waals surface area contributed by atoms with E-state index in [9.17, 15) is 9.59 Å². The van der Waals surface area contributed by atoms with Crippen molar-refractivity contribution < 1.29 is 4.79 Å². The van der Waals surface area contributed by atoms with Gasteiger partial charge >= 0.3 is 0 Å². The van der Waals surface area contributed by atoms with Crippen LogP contribution in [0.4, 0.5) is 5.69 Å². The second-order valence-corrected chi connectivity index (χ2v) is 3.13. The highest BCUT2D eigenvalue weighted by molar-refractivity contribution is 5.95. The third kappa shape index (κ3) is 1.67. The van der Waals surface area contributed by atoms with Gasteiger partial charge < -0.3 is 15.2 Å². The molecule has 0 aromatic carbocycles. The Morgan fingerprint density at radius 3 is 2.79 bits per heavy atom. The van der Waals surface area contributed by atoms with Crippen LogP contribution in [0.2, 0.25) is 0 Å². The number of aromatic nitrogens is 1. The Hall–Kier alpha value is -1.62. The monoisotopic (exact) mass is 193 g/mol. The number of hydrogen-bond acceptors (Lipinski definition) is 3. The Balaban J connectivity index is 2.25. The van der Waals surface area contributed by atoms with E-state index in [4.69, 9.17) is 0 Å². The highest BCUT2D eigenvalue weighted by Crippen LogP contribution is 2.11. The quantitative estimate of drug-likeness (QED) is 0.620. The lowest BCUT2D eigenvalue weighted by Gasteiger charge is -2.26. The molecule has 1 aliphatic rings. The van der Waals surface area contributed by atoms with E-state index < -0.39 is 0 Å². The van der Waals surface area contributed by atoms with Gasteiger partial charge in [0.2, 0.25) is 11.5 Å². The molecule has 2 heterocycles. The molecule has 1 saturated heterocycles. The molecule has 2 rings (SSSR count). The van der Waals surface area contributed by atoms with Crippen LogP contribution >= 0.6 is 0 Å². The average molecular weight is 193 g/mol. The average Bonchev–Trinajstić information content (AvgIpc) is 2.20. The molecule has 1 aromatic heterocycles. The van der Waals surface area contributed by atoms with E-state index >= 15 is 0 Å². The molecule has 1 fully saturated rings. The fourth-order valence-corrected chi connectivity index (χ4v) is 1.45. The lowest BCUT2D eigenvalue weighted by molar-refractivity contribution is -0.118. The van der Waals surface area contributed by atoms with Crippen LogP contribution in [-0.4, -0.2) is 30.5 Å². The molecule has 0 saturated carbocycles.